The molecule has 0 radical (unpaired) electrons. The summed E-state index contributed by atoms with van der Waals surface area (Å²) in [4.78, 5) is 0. The third kappa shape index (κ3) is 4.88. The molecule has 5 nitrogen and oxygen atoms in total. The third-order valence-electron chi connectivity index (χ3n) is 2.37. The lowest BCUT2D eigenvalue weighted by atomic mass is 9.96. The largest absolute Gasteiger partial charge is 0.394 e. The minimum atomic E-state index is -0.635. The van der Waals surface area contributed by atoms with E-state index in [1.807, 2.05) is 6.92 Å². The summed E-state index contributed by atoms with van der Waals surface area (Å²) in [6, 6.07) is 0. The number of rotatable bonds is 8. The Labute approximate surface area is 85.3 Å². The number of methoxy groups -OCH3 is 1. The Hall–Kier alpha value is -0.200. The van der Waals surface area contributed by atoms with Gasteiger partial charge in [-0.05, 0) is 18.9 Å². The monoisotopic (exact) mass is 206 g/mol. The summed E-state index contributed by atoms with van der Waals surface area (Å²) < 4.78 is 4.94. The molecule has 5 heteroatoms. The van der Waals surface area contributed by atoms with E-state index in [0.717, 1.165) is 13.0 Å². The van der Waals surface area contributed by atoms with Gasteiger partial charge in [-0.2, -0.15) is 0 Å². The van der Waals surface area contributed by atoms with Crippen LogP contribution in [0.2, 0.25) is 0 Å². The number of hydrogen-bond acceptors (Lipinski definition) is 5. The summed E-state index contributed by atoms with van der Waals surface area (Å²) in [5, 5.41) is 21.6. The van der Waals surface area contributed by atoms with Gasteiger partial charge in [-0.1, -0.05) is 6.92 Å². The topological polar surface area (TPSA) is 87.7 Å². The lowest BCUT2D eigenvalue weighted by molar-refractivity contribution is -0.0633. The summed E-state index contributed by atoms with van der Waals surface area (Å²) >= 11 is 0. The lowest BCUT2D eigenvalue weighted by Gasteiger charge is -2.25. The van der Waals surface area contributed by atoms with Crippen LogP contribution in [0.3, 0.4) is 0 Å². The number of nitrogens with one attached hydrogen (secondary N) is 1. The second-order valence-electron chi connectivity index (χ2n) is 3.42. The molecule has 0 spiro atoms. The van der Waals surface area contributed by atoms with E-state index in [-0.39, 0.29) is 12.5 Å². The first-order valence-electron chi connectivity index (χ1n) is 4.89. The second-order valence-corrected chi connectivity index (χ2v) is 3.42. The fraction of sp³-hybridized carbons (Fsp3) is 1.00. The van der Waals surface area contributed by atoms with E-state index >= 15 is 0 Å². The van der Waals surface area contributed by atoms with Crippen molar-refractivity contribution in [3.8, 4) is 0 Å². The molecule has 14 heavy (non-hydrogen) atoms. The average Bonchev–Trinajstić information content (AvgIpc) is 2.19. The molecule has 0 aliphatic heterocycles. The number of ether oxygens (including phenoxy) is 1. The molecule has 0 heterocycles. The summed E-state index contributed by atoms with van der Waals surface area (Å²) in [5.41, 5.74) is 5.26. The number of aliphatic hydroxyl groups is 2. The van der Waals surface area contributed by atoms with Crippen molar-refractivity contribution < 1.29 is 14.9 Å². The molecular formula is C9H22N2O3. The first kappa shape index (κ1) is 13.8. The molecule has 0 aromatic heterocycles. The maximum atomic E-state index is 9.73. The van der Waals surface area contributed by atoms with Gasteiger partial charge in [0.25, 0.3) is 0 Å². The van der Waals surface area contributed by atoms with E-state index in [1.165, 1.54) is 7.11 Å². The van der Waals surface area contributed by atoms with Crippen molar-refractivity contribution in [2.75, 3.05) is 26.9 Å². The van der Waals surface area contributed by atoms with Crippen molar-refractivity contribution in [3.05, 3.63) is 0 Å². The quantitative estimate of drug-likeness (QED) is 0.299. The smallest absolute Gasteiger partial charge is 0.106 e. The van der Waals surface area contributed by atoms with E-state index in [2.05, 4.69) is 5.32 Å². The molecule has 0 rings (SSSR count). The van der Waals surface area contributed by atoms with Crippen molar-refractivity contribution >= 4 is 0 Å². The Morgan fingerprint density at radius 3 is 2.57 bits per heavy atom. The summed E-state index contributed by atoms with van der Waals surface area (Å²) in [7, 11) is 1.48. The molecule has 0 aliphatic carbocycles. The predicted octanol–water partition coefficient (Wildman–Crippen LogP) is -1.11. The summed E-state index contributed by atoms with van der Waals surface area (Å²) in [5.74, 6) is 0.0751. The normalized spacial score (nSPS) is 17.8. The fourth-order valence-corrected chi connectivity index (χ4v) is 1.29. The molecule has 0 aromatic carbocycles. The van der Waals surface area contributed by atoms with Gasteiger partial charge in [0.15, 0.2) is 0 Å². The standard InChI is InChI=1S/C9H22N2O3/c1-7(3-4-11-6-10)9(13)8(5-12)14-2/h7-9,11-13H,3-6,10H2,1-2H3. The van der Waals surface area contributed by atoms with Gasteiger partial charge in [0.1, 0.15) is 6.10 Å². The van der Waals surface area contributed by atoms with Crippen LogP contribution in [0.4, 0.5) is 0 Å². The first-order valence-corrected chi connectivity index (χ1v) is 4.89. The molecule has 0 saturated heterocycles. The van der Waals surface area contributed by atoms with Crippen molar-refractivity contribution in [1.82, 2.24) is 5.32 Å². The van der Waals surface area contributed by atoms with Gasteiger partial charge in [-0.15, -0.1) is 0 Å². The van der Waals surface area contributed by atoms with Crippen molar-refractivity contribution in [1.29, 1.82) is 0 Å². The van der Waals surface area contributed by atoms with Crippen LogP contribution in [0, 0.1) is 5.92 Å². The predicted molar refractivity (Wildman–Crippen MR) is 54.7 cm³/mol. The fourth-order valence-electron chi connectivity index (χ4n) is 1.29. The van der Waals surface area contributed by atoms with Crippen molar-refractivity contribution in [2.24, 2.45) is 11.7 Å². The minimum Gasteiger partial charge on any atom is -0.394 e. The molecule has 0 amide bonds. The van der Waals surface area contributed by atoms with Crippen LogP contribution in [0.1, 0.15) is 13.3 Å². The van der Waals surface area contributed by atoms with E-state index in [0.29, 0.717) is 6.67 Å². The highest BCUT2D eigenvalue weighted by molar-refractivity contribution is 4.74. The molecular weight excluding hydrogens is 184 g/mol. The molecule has 0 fully saturated rings. The highest BCUT2D eigenvalue weighted by atomic mass is 16.5. The SMILES string of the molecule is COC(CO)C(O)C(C)CCNCN. The van der Waals surface area contributed by atoms with E-state index in [1.54, 1.807) is 0 Å². The second kappa shape index (κ2) is 8.14. The van der Waals surface area contributed by atoms with Crippen LogP contribution in [-0.4, -0.2) is 49.4 Å². The van der Waals surface area contributed by atoms with Gasteiger partial charge in [-0.3, -0.25) is 0 Å². The molecule has 0 bridgehead atoms. The molecule has 3 unspecified atom stereocenters. The van der Waals surface area contributed by atoms with Gasteiger partial charge < -0.3 is 26.0 Å². The Kier molecular flexibility index (Phi) is 8.02. The molecule has 5 N–H and O–H groups in total. The third-order valence-corrected chi connectivity index (χ3v) is 2.37. The van der Waals surface area contributed by atoms with Gasteiger partial charge in [0, 0.05) is 13.8 Å². The van der Waals surface area contributed by atoms with Crippen LogP contribution in [0.25, 0.3) is 0 Å². The van der Waals surface area contributed by atoms with E-state index in [4.69, 9.17) is 15.6 Å². The Morgan fingerprint density at radius 1 is 1.50 bits per heavy atom. The van der Waals surface area contributed by atoms with Crippen LogP contribution >= 0.6 is 0 Å². The number of hydrogen-bond donors (Lipinski definition) is 4. The molecule has 0 aromatic rings. The van der Waals surface area contributed by atoms with Crippen LogP contribution in [-0.2, 0) is 4.74 Å². The molecule has 0 aliphatic rings. The zero-order valence-corrected chi connectivity index (χ0v) is 8.94. The highest BCUT2D eigenvalue weighted by Crippen LogP contribution is 2.12. The zero-order valence-electron chi connectivity index (χ0n) is 8.94. The van der Waals surface area contributed by atoms with Gasteiger partial charge >= 0.3 is 0 Å². The van der Waals surface area contributed by atoms with Crippen molar-refractivity contribution in [2.45, 2.75) is 25.6 Å². The maximum Gasteiger partial charge on any atom is 0.106 e. The molecule has 86 valence electrons. The average molecular weight is 206 g/mol. The van der Waals surface area contributed by atoms with E-state index in [9.17, 15) is 5.11 Å². The Morgan fingerprint density at radius 2 is 2.14 bits per heavy atom. The van der Waals surface area contributed by atoms with E-state index < -0.39 is 12.2 Å². The van der Waals surface area contributed by atoms with Crippen LogP contribution in [0.15, 0.2) is 0 Å². The highest BCUT2D eigenvalue weighted by Gasteiger charge is 2.23. The first-order chi connectivity index (χ1) is 6.67. The zero-order chi connectivity index (χ0) is 11.0. The van der Waals surface area contributed by atoms with Crippen LogP contribution in [0.5, 0.6) is 0 Å². The van der Waals surface area contributed by atoms with Crippen LogP contribution < -0.4 is 11.1 Å². The lowest BCUT2D eigenvalue weighted by Crippen LogP contribution is -2.37. The van der Waals surface area contributed by atoms with Gasteiger partial charge in [0.2, 0.25) is 0 Å². The van der Waals surface area contributed by atoms with Gasteiger partial charge in [-0.25, -0.2) is 0 Å². The Balaban J connectivity index is 3.78. The molecule has 3 atom stereocenters. The number of aliphatic hydroxyl groups excluding tert-OH is 2. The number of nitrogens with two attached hydrogens (primary N) is 1. The molecule has 0 saturated carbocycles. The maximum absolute atomic E-state index is 9.73. The minimum absolute atomic E-state index is 0.0751. The Bertz CT molecular complexity index is 131. The van der Waals surface area contributed by atoms with Crippen molar-refractivity contribution in [3.63, 3.8) is 0 Å². The van der Waals surface area contributed by atoms with Gasteiger partial charge in [0.05, 0.1) is 12.7 Å². The summed E-state index contributed by atoms with van der Waals surface area (Å²) in [6.45, 7) is 2.96. The summed E-state index contributed by atoms with van der Waals surface area (Å²) in [6.07, 6.45) is -0.328.